The number of nitrogens with two attached hydrogens (primary N) is 1. The van der Waals surface area contributed by atoms with E-state index < -0.39 is 53.1 Å². The number of anilines is 1. The molecule has 9 atom stereocenters. The molecule has 0 unspecified atom stereocenters. The number of cyclic esters (lactones) is 1. The van der Waals surface area contributed by atoms with Crippen LogP contribution in [0.5, 0.6) is 0 Å². The number of ether oxygens (including phenoxy) is 3. The number of nitrogens with one attached hydrogen (secondary N) is 1. The number of carbonyl (C=O) groups is 3. The van der Waals surface area contributed by atoms with Crippen LogP contribution in [0.4, 0.5) is 10.5 Å². The Hall–Kier alpha value is -3.45. The molecule has 2 aromatic rings. The molecule has 4 rings (SSSR count). The zero-order chi connectivity index (χ0) is 36.8. The highest BCUT2D eigenvalue weighted by Gasteiger charge is 2.59. The number of ketones is 1. The molecule has 1 amide bonds. The number of hydrogen-bond acceptors (Lipinski definition) is 10. The minimum Gasteiger partial charge on any atom is -0.458 e. The van der Waals surface area contributed by atoms with Crippen molar-refractivity contribution in [1.29, 1.82) is 0 Å². The van der Waals surface area contributed by atoms with E-state index in [1.54, 1.807) is 30.5 Å². The van der Waals surface area contributed by atoms with Crippen molar-refractivity contribution in [2.45, 2.75) is 129 Å². The number of esters is 1. The highest BCUT2D eigenvalue weighted by Crippen LogP contribution is 2.41. The van der Waals surface area contributed by atoms with Crippen molar-refractivity contribution >= 4 is 31.4 Å². The minimum atomic E-state index is -1.16. The van der Waals surface area contributed by atoms with Crippen LogP contribution in [0.25, 0.3) is 11.3 Å². The summed E-state index contributed by atoms with van der Waals surface area (Å²) in [6.07, 6.45) is 4.73. The zero-order valence-electron chi connectivity index (χ0n) is 31.2. The molecule has 0 saturated carbocycles. The number of benzene rings is 1. The van der Waals surface area contributed by atoms with Crippen molar-refractivity contribution in [2.24, 2.45) is 17.8 Å². The van der Waals surface area contributed by atoms with E-state index in [0.717, 1.165) is 30.5 Å². The Morgan fingerprint density at radius 1 is 1.12 bits per heavy atom. The first-order valence-corrected chi connectivity index (χ1v) is 18.2. The molecule has 50 heavy (non-hydrogen) atoms. The third-order valence-electron chi connectivity index (χ3n) is 10.9. The number of nitrogen functional groups attached to an aromatic ring is 1. The van der Waals surface area contributed by atoms with Crippen molar-refractivity contribution in [3.05, 3.63) is 30.5 Å². The number of methoxy groups -OCH3 is 1. The molecule has 2 aliphatic heterocycles. The Kier molecular flexibility index (Phi) is 13.2. The lowest BCUT2D eigenvalue weighted by molar-refractivity contribution is -0.170. The maximum absolute atomic E-state index is 13.8. The number of aromatic nitrogens is 3. The molecule has 274 valence electrons. The van der Waals surface area contributed by atoms with Gasteiger partial charge in [0.1, 0.15) is 23.5 Å². The molecule has 0 bridgehead atoms. The van der Waals surface area contributed by atoms with Crippen LogP contribution in [0.3, 0.4) is 0 Å². The third-order valence-corrected chi connectivity index (χ3v) is 10.9. The van der Waals surface area contributed by atoms with Crippen molar-refractivity contribution in [2.75, 3.05) is 25.9 Å². The molecular weight excluding hydrogens is 635 g/mol. The first kappa shape index (κ1) is 39.3. The Morgan fingerprint density at radius 3 is 2.50 bits per heavy atom. The van der Waals surface area contributed by atoms with Gasteiger partial charge in [0.05, 0.1) is 25.7 Å². The van der Waals surface area contributed by atoms with E-state index >= 15 is 0 Å². The second kappa shape index (κ2) is 16.7. The highest BCUT2D eigenvalue weighted by atomic mass is 16.6. The lowest BCUT2D eigenvalue weighted by Crippen LogP contribution is -2.61. The minimum absolute atomic E-state index is 0.118. The molecule has 2 radical (unpaired) electrons. The van der Waals surface area contributed by atoms with E-state index in [-0.39, 0.29) is 17.7 Å². The van der Waals surface area contributed by atoms with Gasteiger partial charge in [-0.3, -0.25) is 19.2 Å². The van der Waals surface area contributed by atoms with Gasteiger partial charge in [-0.05, 0) is 83.3 Å². The first-order chi connectivity index (χ1) is 23.7. The molecule has 12 nitrogen and oxygen atoms in total. The summed E-state index contributed by atoms with van der Waals surface area (Å²) in [5.74, 6) is -3.17. The van der Waals surface area contributed by atoms with E-state index in [4.69, 9.17) is 27.8 Å². The van der Waals surface area contributed by atoms with Crippen LogP contribution in [-0.2, 0) is 30.3 Å². The topological polar surface area (TPSA) is 151 Å². The van der Waals surface area contributed by atoms with Crippen LogP contribution in [-0.4, -0.2) is 95.2 Å². The van der Waals surface area contributed by atoms with Gasteiger partial charge < -0.3 is 25.3 Å². The van der Waals surface area contributed by atoms with E-state index in [1.807, 2.05) is 51.2 Å². The van der Waals surface area contributed by atoms with Gasteiger partial charge in [0.15, 0.2) is 5.60 Å². The van der Waals surface area contributed by atoms with Crippen LogP contribution >= 0.6 is 0 Å². The summed E-state index contributed by atoms with van der Waals surface area (Å²) in [6.45, 7) is 14.9. The fraction of sp³-hybridized carbons (Fsp3) is 0.703. The van der Waals surface area contributed by atoms with E-state index in [0.29, 0.717) is 44.6 Å². The summed E-state index contributed by atoms with van der Waals surface area (Å²) in [4.78, 5) is 42.8. The monoisotopic (exact) mass is 692 g/mol. The van der Waals surface area contributed by atoms with Gasteiger partial charge >= 0.3 is 12.1 Å². The number of hydrogen-bond donors (Lipinski definition) is 2. The summed E-state index contributed by atoms with van der Waals surface area (Å²) < 4.78 is 20.1. The van der Waals surface area contributed by atoms with Crippen LogP contribution in [0.15, 0.2) is 30.5 Å². The molecular formula is C37H57BN6O6. The molecule has 3 heterocycles. The zero-order valence-corrected chi connectivity index (χ0v) is 31.2. The molecule has 13 heteroatoms. The second-order valence-electron chi connectivity index (χ2n) is 14.8. The van der Waals surface area contributed by atoms with Gasteiger partial charge in [-0.2, -0.15) is 0 Å². The fourth-order valence-electron chi connectivity index (χ4n) is 7.85. The van der Waals surface area contributed by atoms with Gasteiger partial charge in [-0.15, -0.1) is 5.10 Å². The van der Waals surface area contributed by atoms with Crippen LogP contribution < -0.4 is 11.1 Å². The van der Waals surface area contributed by atoms with Crippen LogP contribution in [0, 0.1) is 17.8 Å². The number of unbranched alkanes of at least 4 members (excludes halogenated alkanes) is 1. The second-order valence-corrected chi connectivity index (χ2v) is 14.8. The molecule has 2 fully saturated rings. The summed E-state index contributed by atoms with van der Waals surface area (Å²) >= 11 is 0. The largest absolute Gasteiger partial charge is 0.458 e. The molecule has 2 saturated heterocycles. The lowest BCUT2D eigenvalue weighted by atomic mass is 9.62. The van der Waals surface area contributed by atoms with Gasteiger partial charge in [-0.25, -0.2) is 4.79 Å². The van der Waals surface area contributed by atoms with E-state index in [9.17, 15) is 14.4 Å². The Morgan fingerprint density at radius 2 is 1.84 bits per heavy atom. The van der Waals surface area contributed by atoms with Crippen molar-refractivity contribution in [3.63, 3.8) is 0 Å². The molecule has 0 aliphatic carbocycles. The predicted octanol–water partition coefficient (Wildman–Crippen LogP) is 5.21. The number of aryl methyl sites for hydroxylation is 1. The summed E-state index contributed by atoms with van der Waals surface area (Å²) in [5, 5.41) is 12.4. The lowest BCUT2D eigenvalue weighted by Gasteiger charge is -2.42. The molecule has 1 aromatic heterocycles. The Balaban J connectivity index is 1.59. The van der Waals surface area contributed by atoms with Crippen molar-refractivity contribution in [1.82, 2.24) is 25.2 Å². The molecule has 0 spiro atoms. The smallest absolute Gasteiger partial charge is 0.410 e. The van der Waals surface area contributed by atoms with Gasteiger partial charge in [0.2, 0.25) is 0 Å². The molecule has 1 aromatic carbocycles. The fourth-order valence-corrected chi connectivity index (χ4v) is 7.85. The van der Waals surface area contributed by atoms with Gasteiger partial charge in [0.25, 0.3) is 0 Å². The maximum atomic E-state index is 13.8. The summed E-state index contributed by atoms with van der Waals surface area (Å²) in [5.41, 5.74) is 6.28. The number of carbonyl (C=O) groups excluding carboxylic acids is 3. The van der Waals surface area contributed by atoms with Crippen molar-refractivity contribution < 1.29 is 28.6 Å². The van der Waals surface area contributed by atoms with Gasteiger partial charge in [0, 0.05) is 43.4 Å². The molecule has 3 N–H and O–H groups in total. The van der Waals surface area contributed by atoms with Crippen LogP contribution in [0.2, 0.25) is 5.82 Å². The average molecular weight is 693 g/mol. The normalized spacial score (nSPS) is 32.9. The molecule has 2 aliphatic rings. The average Bonchev–Trinajstić information content (AvgIpc) is 3.67. The number of nitrogens with zero attached hydrogens (tertiary/aromatic N) is 4. The summed E-state index contributed by atoms with van der Waals surface area (Å²) in [6, 6.07) is 6.93. The van der Waals surface area contributed by atoms with Gasteiger partial charge in [-0.1, -0.05) is 51.5 Å². The Labute approximate surface area is 298 Å². The number of fused-ring (bicyclic) bond motifs is 1. The predicted molar refractivity (Wildman–Crippen MR) is 193 cm³/mol. The van der Waals surface area contributed by atoms with E-state index in [1.165, 1.54) is 0 Å². The SMILES string of the molecule is [B][C@@H]1[C@@H](C)C(=O)[C@@H](C)C(=O)O[C@H](CC)[C@@]2(C)OC(=O)N(CCCCn3cc(-c4cccc(N)c4)nn3)[C@@H]2[C@@H](CCC)NC[C@H](C)C[C@@]1(C)OC. The third kappa shape index (κ3) is 8.53. The standard InChI is InChI=1S/C37H57BN6O6/c1-9-14-28-33-37(7,50-35(47)44(33)18-12-11-17-43-22-29(41-42-43)26-15-13-16-27(39)19-26)30(10-2)49-34(46)25(5)31(45)24(4)32(38)36(6,48-8)20-23(3)21-40-28/h13,15-16,19,22-25,28,30,32-33,40H,9-12,14,17-18,20-21,39H2,1-8H3/t23-,24+,25-,28-,30-,32-,33-,36-,37-/m1/s1. The quantitative estimate of drug-likeness (QED) is 0.112. The van der Waals surface area contributed by atoms with E-state index in [2.05, 4.69) is 29.5 Å². The first-order valence-electron chi connectivity index (χ1n) is 18.2. The van der Waals surface area contributed by atoms with Crippen LogP contribution in [0.1, 0.15) is 87.0 Å². The maximum Gasteiger partial charge on any atom is 0.410 e. The Bertz CT molecular complexity index is 1470. The highest BCUT2D eigenvalue weighted by molar-refractivity contribution is 6.15. The summed E-state index contributed by atoms with van der Waals surface area (Å²) in [7, 11) is 8.31. The number of Topliss-reactive ketones (excluding diaryl/α,β-unsaturated/α-hetero) is 1. The van der Waals surface area contributed by atoms with Crippen molar-refractivity contribution in [3.8, 4) is 11.3 Å². The number of amides is 1. The number of rotatable bonds is 10.